The third kappa shape index (κ3) is 8.21. The van der Waals surface area contributed by atoms with E-state index in [9.17, 15) is 19.8 Å². The molecule has 7 aromatic rings. The molecule has 2 N–H and O–H groups in total. The smallest absolute Gasteiger partial charge is 0.341 e. The zero-order valence-corrected chi connectivity index (χ0v) is 34.7. The van der Waals surface area contributed by atoms with Crippen molar-refractivity contribution in [3.8, 4) is 56.9 Å². The van der Waals surface area contributed by atoms with Gasteiger partial charge in [0, 0.05) is 33.4 Å². The van der Waals surface area contributed by atoms with Gasteiger partial charge in [-0.2, -0.15) is 0 Å². The molecule has 1 aliphatic rings. The summed E-state index contributed by atoms with van der Waals surface area (Å²) in [6.45, 7) is -1.03. The standard InChI is InChI=1S/C48H36Cl2N4O8/c1-59-33-19-11-29(12-20-33)43-44(30-15-23-35(24-16-30)61-27-41(55)56)53-48(52-43,38-8-4-6-10-40(38)50)54-46(32-17-25-36(26-18-32)62-28-42(57)58)45(31-13-21-34(60-2)22-14-31)51-47(54)37-7-3-5-9-39(37)49/h3-26H,27-28H2,1-2H3,(H,55,56)(H,57,58). The molecule has 0 saturated heterocycles. The molecule has 0 fully saturated rings. The first-order valence-electron chi connectivity index (χ1n) is 19.1. The van der Waals surface area contributed by atoms with Gasteiger partial charge in [0.2, 0.25) is 0 Å². The highest BCUT2D eigenvalue weighted by atomic mass is 35.5. The molecule has 1 aromatic heterocycles. The third-order valence-corrected chi connectivity index (χ3v) is 10.7. The van der Waals surface area contributed by atoms with Gasteiger partial charge in [-0.05, 0) is 115 Å². The number of benzene rings is 6. The molecule has 62 heavy (non-hydrogen) atoms. The molecule has 2 heterocycles. The van der Waals surface area contributed by atoms with E-state index in [1.807, 2.05) is 102 Å². The number of aliphatic imine (C=N–C) groups is 2. The summed E-state index contributed by atoms with van der Waals surface area (Å²) in [5.74, 6) is -1.54. The number of nitrogens with zero attached hydrogens (tertiary/aromatic N) is 4. The number of imidazole rings is 1. The molecular weight excluding hydrogens is 831 g/mol. The summed E-state index contributed by atoms with van der Waals surface area (Å²) in [5, 5.41) is 19.3. The average Bonchev–Trinajstić information content (AvgIpc) is 3.89. The van der Waals surface area contributed by atoms with Crippen molar-refractivity contribution in [2.45, 2.75) is 5.79 Å². The summed E-state index contributed by atoms with van der Waals surface area (Å²) in [4.78, 5) is 39.4. The number of halogens is 2. The summed E-state index contributed by atoms with van der Waals surface area (Å²) >= 11 is 14.3. The molecule has 0 spiro atoms. The number of rotatable bonds is 15. The monoisotopic (exact) mass is 866 g/mol. The number of hydrogen-bond acceptors (Lipinski definition) is 9. The van der Waals surface area contributed by atoms with Crippen LogP contribution in [0, 0.1) is 0 Å². The second kappa shape index (κ2) is 17.7. The minimum Gasteiger partial charge on any atom is -0.497 e. The van der Waals surface area contributed by atoms with Gasteiger partial charge in [-0.1, -0.05) is 53.5 Å². The number of ether oxygens (including phenoxy) is 4. The van der Waals surface area contributed by atoms with Crippen LogP contribution < -0.4 is 18.9 Å². The Kier molecular flexibility index (Phi) is 11.8. The number of hydrogen-bond donors (Lipinski definition) is 2. The maximum absolute atomic E-state index is 11.4. The number of aliphatic carboxylic acids is 2. The number of carbonyl (C=O) groups is 2. The summed E-state index contributed by atoms with van der Waals surface area (Å²) in [6.07, 6.45) is 0. The van der Waals surface area contributed by atoms with Gasteiger partial charge in [0.05, 0.1) is 47.1 Å². The molecule has 310 valence electrons. The largest absolute Gasteiger partial charge is 0.497 e. The number of methoxy groups -OCH3 is 2. The Bertz CT molecular complexity index is 2840. The van der Waals surface area contributed by atoms with E-state index >= 15 is 0 Å². The van der Waals surface area contributed by atoms with Gasteiger partial charge in [0.15, 0.2) is 13.2 Å². The summed E-state index contributed by atoms with van der Waals surface area (Å²) in [5.41, 5.74) is 5.91. The van der Waals surface area contributed by atoms with Crippen LogP contribution in [0.15, 0.2) is 156 Å². The van der Waals surface area contributed by atoms with E-state index in [1.165, 1.54) is 0 Å². The van der Waals surface area contributed by atoms with Crippen molar-refractivity contribution in [2.24, 2.45) is 9.98 Å². The van der Waals surface area contributed by atoms with Crippen molar-refractivity contribution in [3.05, 3.63) is 172 Å². The highest BCUT2D eigenvalue weighted by Crippen LogP contribution is 2.49. The predicted molar refractivity (Wildman–Crippen MR) is 237 cm³/mol. The van der Waals surface area contributed by atoms with Gasteiger partial charge >= 0.3 is 11.9 Å². The van der Waals surface area contributed by atoms with Crippen LogP contribution in [0.3, 0.4) is 0 Å². The van der Waals surface area contributed by atoms with Gasteiger partial charge in [-0.15, -0.1) is 0 Å². The molecule has 0 aliphatic carbocycles. The molecular formula is C48H36Cl2N4O8. The zero-order valence-electron chi connectivity index (χ0n) is 33.2. The summed E-state index contributed by atoms with van der Waals surface area (Å²) < 4.78 is 24.0. The quantitative estimate of drug-likeness (QED) is 0.103. The molecule has 12 nitrogen and oxygen atoms in total. The second-order valence-electron chi connectivity index (χ2n) is 13.9. The fourth-order valence-corrected chi connectivity index (χ4v) is 7.62. The van der Waals surface area contributed by atoms with Crippen molar-refractivity contribution in [3.63, 3.8) is 0 Å². The van der Waals surface area contributed by atoms with E-state index in [2.05, 4.69) is 0 Å². The van der Waals surface area contributed by atoms with Crippen LogP contribution in [0.1, 0.15) is 16.7 Å². The highest BCUT2D eigenvalue weighted by Gasteiger charge is 2.46. The van der Waals surface area contributed by atoms with Crippen LogP contribution in [0.25, 0.3) is 33.9 Å². The molecule has 0 bridgehead atoms. The Labute approximate surface area is 365 Å². The van der Waals surface area contributed by atoms with Crippen molar-refractivity contribution in [2.75, 3.05) is 27.4 Å². The van der Waals surface area contributed by atoms with E-state index in [0.29, 0.717) is 89.5 Å². The normalized spacial score (nSPS) is 14.5. The topological polar surface area (TPSA) is 154 Å². The lowest BCUT2D eigenvalue weighted by Crippen LogP contribution is -2.31. The molecule has 0 amide bonds. The SMILES string of the molecule is COc1ccc(C2=NC(c3ccccc3Cl)(n3c(-c4ccccc4Cl)nc(-c4ccc(OC)cc4)c3-c3ccc(OCC(=O)O)cc3)N=C2c2ccc(OCC(=O)O)cc2)cc1. The first-order valence-corrected chi connectivity index (χ1v) is 19.9. The number of carboxylic acids is 2. The van der Waals surface area contributed by atoms with E-state index in [4.69, 9.17) is 57.1 Å². The maximum atomic E-state index is 11.4. The molecule has 1 unspecified atom stereocenters. The Morgan fingerprint density at radius 1 is 0.565 bits per heavy atom. The first kappa shape index (κ1) is 41.3. The summed E-state index contributed by atoms with van der Waals surface area (Å²) in [6, 6.07) is 43.6. The molecule has 1 aliphatic heterocycles. The van der Waals surface area contributed by atoms with E-state index in [0.717, 1.165) is 5.56 Å². The predicted octanol–water partition coefficient (Wildman–Crippen LogP) is 9.79. The second-order valence-corrected chi connectivity index (χ2v) is 14.7. The molecule has 14 heteroatoms. The van der Waals surface area contributed by atoms with Crippen molar-refractivity contribution in [1.82, 2.24) is 9.55 Å². The zero-order chi connectivity index (χ0) is 43.4. The lowest BCUT2D eigenvalue weighted by molar-refractivity contribution is -0.140. The van der Waals surface area contributed by atoms with Gasteiger partial charge in [-0.25, -0.2) is 24.6 Å². The van der Waals surface area contributed by atoms with Crippen molar-refractivity contribution >= 4 is 46.6 Å². The van der Waals surface area contributed by atoms with Gasteiger partial charge in [0.25, 0.3) is 5.79 Å². The van der Waals surface area contributed by atoms with E-state index in [-0.39, 0.29) is 0 Å². The average molecular weight is 868 g/mol. The van der Waals surface area contributed by atoms with Gasteiger partial charge in [0.1, 0.15) is 28.8 Å². The first-order chi connectivity index (χ1) is 30.1. The minimum absolute atomic E-state index is 0.345. The van der Waals surface area contributed by atoms with E-state index < -0.39 is 30.9 Å². The fourth-order valence-electron chi connectivity index (χ4n) is 7.14. The van der Waals surface area contributed by atoms with Gasteiger partial charge in [-0.3, -0.25) is 4.57 Å². The van der Waals surface area contributed by atoms with Gasteiger partial charge < -0.3 is 29.2 Å². The molecule has 0 radical (unpaired) electrons. The van der Waals surface area contributed by atoms with Crippen LogP contribution in [0.5, 0.6) is 23.0 Å². The van der Waals surface area contributed by atoms with Crippen LogP contribution in [-0.4, -0.2) is 70.6 Å². The highest BCUT2D eigenvalue weighted by molar-refractivity contribution is 6.54. The molecule has 1 atom stereocenters. The van der Waals surface area contributed by atoms with E-state index in [1.54, 1.807) is 62.8 Å². The number of carboxylic acid groups (broad SMARTS) is 2. The Morgan fingerprint density at radius 2 is 1.00 bits per heavy atom. The van der Waals surface area contributed by atoms with Crippen molar-refractivity contribution in [1.29, 1.82) is 0 Å². The fraction of sp³-hybridized carbons (Fsp3) is 0.104. The molecule has 0 saturated carbocycles. The van der Waals surface area contributed by atoms with Crippen LogP contribution in [0.4, 0.5) is 0 Å². The van der Waals surface area contributed by atoms with Crippen LogP contribution in [0.2, 0.25) is 10.0 Å². The Morgan fingerprint density at radius 3 is 1.47 bits per heavy atom. The summed E-state index contributed by atoms with van der Waals surface area (Å²) in [7, 11) is 3.18. The van der Waals surface area contributed by atoms with Crippen LogP contribution in [-0.2, 0) is 15.4 Å². The molecule has 8 rings (SSSR count). The van der Waals surface area contributed by atoms with Crippen LogP contribution >= 0.6 is 23.2 Å². The molecule has 6 aromatic carbocycles. The third-order valence-electron chi connectivity index (χ3n) is 10.0. The lowest BCUT2D eigenvalue weighted by atomic mass is 10.00. The number of aromatic nitrogens is 2. The minimum atomic E-state index is -1.72. The van der Waals surface area contributed by atoms with Crippen molar-refractivity contribution < 1.29 is 38.7 Å². The Balaban J connectivity index is 1.50. The lowest BCUT2D eigenvalue weighted by Gasteiger charge is -2.30. The maximum Gasteiger partial charge on any atom is 0.341 e. The Hall–Kier alpha value is -7.41.